The molecule has 1 heterocycles. The molecule has 1 aromatic heterocycles. The van der Waals surface area contributed by atoms with Crippen LogP contribution >= 0.6 is 11.5 Å². The molecule has 2 aromatic rings. The van der Waals surface area contributed by atoms with Crippen molar-refractivity contribution in [2.45, 2.75) is 6.92 Å². The van der Waals surface area contributed by atoms with Crippen LogP contribution in [0.4, 0.5) is 4.39 Å². The van der Waals surface area contributed by atoms with Gasteiger partial charge in [-0.15, -0.1) is 4.37 Å². The van der Waals surface area contributed by atoms with Gasteiger partial charge in [-0.25, -0.2) is 9.18 Å². The van der Waals surface area contributed by atoms with Gasteiger partial charge < -0.3 is 4.42 Å². The summed E-state index contributed by atoms with van der Waals surface area (Å²) in [5, 5.41) is 0. The summed E-state index contributed by atoms with van der Waals surface area (Å²) in [6.45, 7) is 1.66. The van der Waals surface area contributed by atoms with Crippen molar-refractivity contribution in [1.82, 2.24) is 4.37 Å². The van der Waals surface area contributed by atoms with Crippen LogP contribution in [0.25, 0.3) is 11.5 Å². The van der Waals surface area contributed by atoms with Crippen LogP contribution in [0.2, 0.25) is 0 Å². The van der Waals surface area contributed by atoms with E-state index in [4.69, 9.17) is 4.42 Å². The van der Waals surface area contributed by atoms with Crippen LogP contribution in [0.1, 0.15) is 5.56 Å². The first-order valence-corrected chi connectivity index (χ1v) is 4.67. The SMILES string of the molecule is Cc1ccc(-c2nsc(=O)o2)cc1F. The van der Waals surface area contributed by atoms with E-state index in [0.29, 0.717) is 22.7 Å². The first kappa shape index (κ1) is 9.08. The van der Waals surface area contributed by atoms with Crippen LogP contribution in [0.3, 0.4) is 0 Å². The molecule has 0 saturated heterocycles. The highest BCUT2D eigenvalue weighted by molar-refractivity contribution is 7.02. The molecule has 0 radical (unpaired) electrons. The molecular weight excluding hydrogens is 205 g/mol. The van der Waals surface area contributed by atoms with Crippen LogP contribution in [0, 0.1) is 12.7 Å². The Morgan fingerprint density at radius 1 is 1.50 bits per heavy atom. The van der Waals surface area contributed by atoms with Gasteiger partial charge >= 0.3 is 4.94 Å². The van der Waals surface area contributed by atoms with Gasteiger partial charge in [-0.05, 0) is 24.6 Å². The molecule has 0 aliphatic rings. The van der Waals surface area contributed by atoms with E-state index in [2.05, 4.69) is 4.37 Å². The Balaban J connectivity index is 2.52. The third kappa shape index (κ3) is 1.58. The minimum atomic E-state index is -0.485. The fourth-order valence-corrected chi connectivity index (χ4v) is 1.45. The predicted octanol–water partition coefficient (Wildman–Crippen LogP) is 2.21. The van der Waals surface area contributed by atoms with Crippen molar-refractivity contribution < 1.29 is 8.81 Å². The van der Waals surface area contributed by atoms with Crippen molar-refractivity contribution >= 4 is 11.5 Å². The Labute approximate surface area is 83.0 Å². The van der Waals surface area contributed by atoms with Gasteiger partial charge in [-0.3, -0.25) is 0 Å². The second kappa shape index (κ2) is 3.34. The molecule has 3 nitrogen and oxygen atoms in total. The third-order valence-corrected chi connectivity index (χ3v) is 2.29. The Morgan fingerprint density at radius 2 is 2.29 bits per heavy atom. The molecule has 0 saturated carbocycles. The quantitative estimate of drug-likeness (QED) is 0.726. The standard InChI is InChI=1S/C9H6FNO2S/c1-5-2-3-6(4-7(5)10)8-11-14-9(12)13-8/h2-4H,1H3. The zero-order valence-electron chi connectivity index (χ0n) is 7.28. The molecule has 1 aromatic carbocycles. The van der Waals surface area contributed by atoms with Gasteiger partial charge in [0.1, 0.15) is 5.82 Å². The van der Waals surface area contributed by atoms with Gasteiger partial charge in [0.05, 0.1) is 11.5 Å². The van der Waals surface area contributed by atoms with Gasteiger partial charge in [-0.1, -0.05) is 6.07 Å². The van der Waals surface area contributed by atoms with Crippen LogP contribution in [-0.4, -0.2) is 4.37 Å². The summed E-state index contributed by atoms with van der Waals surface area (Å²) < 4.78 is 21.6. The normalized spacial score (nSPS) is 10.4. The highest BCUT2D eigenvalue weighted by atomic mass is 32.1. The molecule has 5 heteroatoms. The fraction of sp³-hybridized carbons (Fsp3) is 0.111. The zero-order chi connectivity index (χ0) is 10.1. The molecule has 2 rings (SSSR count). The summed E-state index contributed by atoms with van der Waals surface area (Å²) in [4.78, 5) is 10.2. The number of aromatic nitrogens is 1. The van der Waals surface area contributed by atoms with E-state index in [-0.39, 0.29) is 11.7 Å². The van der Waals surface area contributed by atoms with E-state index in [1.54, 1.807) is 19.1 Å². The smallest absolute Gasteiger partial charge is 0.394 e. The van der Waals surface area contributed by atoms with Crippen molar-refractivity contribution in [3.63, 3.8) is 0 Å². The second-order valence-electron chi connectivity index (χ2n) is 2.80. The molecule has 0 unspecified atom stereocenters. The van der Waals surface area contributed by atoms with Crippen molar-refractivity contribution in [1.29, 1.82) is 0 Å². The summed E-state index contributed by atoms with van der Waals surface area (Å²) in [6.07, 6.45) is 0. The number of halogens is 1. The number of rotatable bonds is 1. The molecule has 0 N–H and O–H groups in total. The number of hydrogen-bond acceptors (Lipinski definition) is 4. The molecule has 14 heavy (non-hydrogen) atoms. The monoisotopic (exact) mass is 211 g/mol. The van der Waals surface area contributed by atoms with E-state index in [1.807, 2.05) is 0 Å². The highest BCUT2D eigenvalue weighted by Crippen LogP contribution is 2.19. The average Bonchev–Trinajstić information content (AvgIpc) is 2.57. The molecule has 0 fully saturated rings. The minimum absolute atomic E-state index is 0.166. The number of nitrogens with zero attached hydrogens (tertiary/aromatic N) is 1. The Kier molecular flexibility index (Phi) is 2.17. The van der Waals surface area contributed by atoms with Gasteiger partial charge in [-0.2, -0.15) is 0 Å². The molecule has 0 aliphatic heterocycles. The Bertz CT molecular complexity index is 518. The number of aryl methyl sites for hydroxylation is 1. The topological polar surface area (TPSA) is 43.1 Å². The Hall–Kier alpha value is -1.49. The summed E-state index contributed by atoms with van der Waals surface area (Å²) in [7, 11) is 0. The highest BCUT2D eigenvalue weighted by Gasteiger charge is 2.07. The molecule has 0 aliphatic carbocycles. The van der Waals surface area contributed by atoms with Crippen LogP contribution in [-0.2, 0) is 0 Å². The van der Waals surface area contributed by atoms with Gasteiger partial charge in [0.15, 0.2) is 0 Å². The van der Waals surface area contributed by atoms with E-state index in [9.17, 15) is 9.18 Å². The lowest BCUT2D eigenvalue weighted by molar-refractivity contribution is 0.541. The molecule has 0 amide bonds. The van der Waals surface area contributed by atoms with E-state index < -0.39 is 4.94 Å². The maximum atomic E-state index is 13.1. The summed E-state index contributed by atoms with van der Waals surface area (Å²) in [5.74, 6) is -0.169. The molecule has 0 atom stereocenters. The number of benzene rings is 1. The van der Waals surface area contributed by atoms with Gasteiger partial charge in [0, 0.05) is 5.56 Å². The van der Waals surface area contributed by atoms with Gasteiger partial charge in [0.25, 0.3) is 0 Å². The molecule has 72 valence electrons. The van der Waals surface area contributed by atoms with Crippen molar-refractivity contribution in [3.8, 4) is 11.5 Å². The summed E-state index contributed by atoms with van der Waals surface area (Å²) in [5.41, 5.74) is 1.03. The largest absolute Gasteiger partial charge is 0.414 e. The van der Waals surface area contributed by atoms with Crippen LogP contribution < -0.4 is 4.94 Å². The van der Waals surface area contributed by atoms with Gasteiger partial charge in [0.2, 0.25) is 5.89 Å². The first-order chi connectivity index (χ1) is 6.66. The maximum Gasteiger partial charge on any atom is 0.414 e. The van der Waals surface area contributed by atoms with Crippen LogP contribution in [0.5, 0.6) is 0 Å². The lowest BCUT2D eigenvalue weighted by Gasteiger charge is -1.97. The number of hydrogen-bond donors (Lipinski definition) is 0. The molecule has 0 spiro atoms. The predicted molar refractivity (Wildman–Crippen MR) is 50.8 cm³/mol. The van der Waals surface area contributed by atoms with E-state index in [1.165, 1.54) is 6.07 Å². The molecular formula is C9H6FNO2S. The van der Waals surface area contributed by atoms with Crippen molar-refractivity contribution in [3.05, 3.63) is 39.3 Å². The molecule has 0 bridgehead atoms. The van der Waals surface area contributed by atoms with Crippen LogP contribution in [0.15, 0.2) is 27.4 Å². The maximum absolute atomic E-state index is 13.1. The zero-order valence-corrected chi connectivity index (χ0v) is 8.10. The fourth-order valence-electron chi connectivity index (χ4n) is 1.03. The van der Waals surface area contributed by atoms with E-state index >= 15 is 0 Å². The second-order valence-corrected chi connectivity index (χ2v) is 3.50. The Morgan fingerprint density at radius 3 is 2.86 bits per heavy atom. The lowest BCUT2D eigenvalue weighted by Crippen LogP contribution is -1.85. The average molecular weight is 211 g/mol. The minimum Gasteiger partial charge on any atom is -0.394 e. The summed E-state index contributed by atoms with van der Waals surface area (Å²) in [6, 6.07) is 4.58. The van der Waals surface area contributed by atoms with Crippen molar-refractivity contribution in [2.24, 2.45) is 0 Å². The lowest BCUT2D eigenvalue weighted by atomic mass is 10.1. The third-order valence-electron chi connectivity index (χ3n) is 1.80. The first-order valence-electron chi connectivity index (χ1n) is 3.90. The van der Waals surface area contributed by atoms with Crippen molar-refractivity contribution in [2.75, 3.05) is 0 Å². The van der Waals surface area contributed by atoms with E-state index in [0.717, 1.165) is 0 Å². The summed E-state index contributed by atoms with van der Waals surface area (Å²) >= 11 is 0.715.